The topological polar surface area (TPSA) is 65.6 Å². The van der Waals surface area contributed by atoms with Gasteiger partial charge in [-0.05, 0) is 0 Å². The van der Waals surface area contributed by atoms with Gasteiger partial charge in [-0.2, -0.15) is 0 Å². The molecule has 5 heteroatoms. The van der Waals surface area contributed by atoms with E-state index < -0.39 is 19.1 Å². The predicted molar refractivity (Wildman–Crippen MR) is 12.1 cm³/mol. The average molecular weight is 138 g/mol. The van der Waals surface area contributed by atoms with E-state index in [1.807, 2.05) is 0 Å². The first-order chi connectivity index (χ1) is 1.41. The first kappa shape index (κ1) is 15.8. The van der Waals surface area contributed by atoms with E-state index in [1.165, 1.54) is 0 Å². The van der Waals surface area contributed by atoms with Gasteiger partial charge in [-0.25, -0.2) is 0 Å². The molecule has 0 atom stereocenters. The van der Waals surface area contributed by atoms with Gasteiger partial charge in [0.2, 0.25) is 0 Å². The summed E-state index contributed by atoms with van der Waals surface area (Å²) in [6.07, 6.45) is 0. The van der Waals surface area contributed by atoms with Crippen LogP contribution in [-0.2, 0) is 25.7 Å². The van der Waals surface area contributed by atoms with Gasteiger partial charge in [0.15, 0.2) is 0 Å². The van der Waals surface area contributed by atoms with Crippen LogP contribution in [0.15, 0.2) is 0 Å². The van der Waals surface area contributed by atoms with Crippen LogP contribution >= 0.6 is 0 Å². The molecular formula is H3KO3Ti. The Balaban J connectivity index is -0.0000000200. The van der Waals surface area contributed by atoms with Gasteiger partial charge in [-0.15, -0.1) is 0 Å². The van der Waals surface area contributed by atoms with Gasteiger partial charge in [0.25, 0.3) is 0 Å². The second-order valence-corrected chi connectivity index (χ2v) is 0.344. The van der Waals surface area contributed by atoms with E-state index in [0.29, 0.717) is 0 Å². The molecule has 0 aromatic carbocycles. The molecule has 0 spiro atoms. The quantitative estimate of drug-likeness (QED) is 0.374. The van der Waals surface area contributed by atoms with Crippen LogP contribution < -0.4 is 0 Å². The Labute approximate surface area is 80.8 Å². The molecular weight excluding hydrogens is 135 g/mol. The van der Waals surface area contributed by atoms with Crippen molar-refractivity contribution >= 4 is 51.4 Å². The van der Waals surface area contributed by atoms with Crippen LogP contribution in [0.2, 0.25) is 0 Å². The predicted octanol–water partition coefficient (Wildman–Crippen LogP) is -1.71. The number of hydrogen-bond acceptors (Lipinski definition) is 2. The summed E-state index contributed by atoms with van der Waals surface area (Å²) in [6, 6.07) is 0. The van der Waals surface area contributed by atoms with E-state index in [0.717, 1.165) is 0 Å². The Morgan fingerprint density at radius 1 is 1.20 bits per heavy atom. The summed E-state index contributed by atoms with van der Waals surface area (Å²) in [7, 11) is 0. The van der Waals surface area contributed by atoms with Gasteiger partial charge >= 0.3 is 77.1 Å². The number of rotatable bonds is 0. The van der Waals surface area contributed by atoms with Crippen LogP contribution in [0.1, 0.15) is 0 Å². The summed E-state index contributed by atoms with van der Waals surface area (Å²) in [5.74, 6) is 0. The summed E-state index contributed by atoms with van der Waals surface area (Å²) < 4.78 is 17.0. The molecule has 0 aliphatic heterocycles. The summed E-state index contributed by atoms with van der Waals surface area (Å²) in [5.41, 5.74) is 0. The van der Waals surface area contributed by atoms with Crippen molar-refractivity contribution in [2.45, 2.75) is 0 Å². The Morgan fingerprint density at radius 3 is 1.20 bits per heavy atom. The molecule has 3 nitrogen and oxygen atoms in total. The summed E-state index contributed by atoms with van der Waals surface area (Å²) in [6.45, 7) is 0. The SMILES string of the molecule is O.[KH].[O]=[Ti]=[O]. The molecule has 2 N–H and O–H groups in total. The fourth-order valence-corrected chi connectivity index (χ4v) is 0. The van der Waals surface area contributed by atoms with E-state index in [2.05, 4.69) is 0 Å². The summed E-state index contributed by atoms with van der Waals surface area (Å²) in [5, 5.41) is 0. The van der Waals surface area contributed by atoms with E-state index in [9.17, 15) is 0 Å². The van der Waals surface area contributed by atoms with Crippen molar-refractivity contribution in [2.75, 3.05) is 0 Å². The van der Waals surface area contributed by atoms with Gasteiger partial charge in [-0.1, -0.05) is 0 Å². The fraction of sp³-hybridized carbons (Fsp3) is 0. The third-order valence-corrected chi connectivity index (χ3v) is 0. The monoisotopic (exact) mass is 138 g/mol. The molecule has 0 saturated heterocycles. The molecule has 0 radical (unpaired) electrons. The van der Waals surface area contributed by atoms with Crippen molar-refractivity contribution in [1.82, 2.24) is 0 Å². The van der Waals surface area contributed by atoms with E-state index in [1.54, 1.807) is 0 Å². The molecule has 0 aliphatic rings. The standard InChI is InChI=1S/K.H2O.2O.Ti.H/h;1H2;;;;. The normalized spacial score (nSPS) is 1.60. The molecule has 0 unspecified atom stereocenters. The molecule has 0 aromatic rings. The molecule has 0 heterocycles. The van der Waals surface area contributed by atoms with E-state index in [4.69, 9.17) is 6.65 Å². The Morgan fingerprint density at radius 2 is 1.20 bits per heavy atom. The van der Waals surface area contributed by atoms with Crippen LogP contribution in [-0.4, -0.2) is 56.9 Å². The van der Waals surface area contributed by atoms with Crippen molar-refractivity contribution in [3.8, 4) is 0 Å². The molecule has 0 aliphatic carbocycles. The van der Waals surface area contributed by atoms with Gasteiger partial charge in [0, 0.05) is 0 Å². The van der Waals surface area contributed by atoms with Crippen LogP contribution in [0.3, 0.4) is 0 Å². The summed E-state index contributed by atoms with van der Waals surface area (Å²) in [4.78, 5) is 0. The van der Waals surface area contributed by atoms with Crippen molar-refractivity contribution < 1.29 is 31.2 Å². The van der Waals surface area contributed by atoms with Crippen molar-refractivity contribution in [3.63, 3.8) is 0 Å². The fourth-order valence-electron chi connectivity index (χ4n) is 0. The second-order valence-electron chi connectivity index (χ2n) is 0.0833. The third kappa shape index (κ3) is 24.8. The van der Waals surface area contributed by atoms with Crippen LogP contribution in [0.25, 0.3) is 0 Å². The molecule has 0 aromatic heterocycles. The molecule has 0 amide bonds. The molecule has 0 rings (SSSR count). The zero-order valence-electron chi connectivity index (χ0n) is 1.82. The van der Waals surface area contributed by atoms with Crippen molar-refractivity contribution in [3.05, 3.63) is 0 Å². The maximum atomic E-state index is 8.50. The van der Waals surface area contributed by atoms with Crippen molar-refractivity contribution in [2.24, 2.45) is 0 Å². The minimum atomic E-state index is -2.00. The Bertz CT molecular complexity index is 27.9. The third-order valence-electron chi connectivity index (χ3n) is 0. The van der Waals surface area contributed by atoms with Crippen LogP contribution in [0, 0.1) is 0 Å². The Kier molecular flexibility index (Phi) is 53.1. The van der Waals surface area contributed by atoms with E-state index in [-0.39, 0.29) is 56.9 Å². The Hall–Kier alpha value is 1.91. The van der Waals surface area contributed by atoms with Gasteiger partial charge < -0.3 is 5.48 Å². The molecule has 5 heavy (non-hydrogen) atoms. The first-order valence-corrected chi connectivity index (χ1v) is 1.68. The molecule has 0 fully saturated rings. The minimum absolute atomic E-state index is 0. The number of hydrogen-bond donors (Lipinski definition) is 0. The molecule has 26 valence electrons. The maximum absolute atomic E-state index is 8.50. The van der Waals surface area contributed by atoms with E-state index >= 15 is 0 Å². The molecule has 0 saturated carbocycles. The zero-order chi connectivity index (χ0) is 2.71. The van der Waals surface area contributed by atoms with Gasteiger partial charge in [0.05, 0.1) is 0 Å². The second kappa shape index (κ2) is 16.8. The van der Waals surface area contributed by atoms with Crippen LogP contribution in [0.5, 0.6) is 0 Å². The average Bonchev–Trinajstić information content (AvgIpc) is 0.918. The van der Waals surface area contributed by atoms with Gasteiger partial charge in [-0.3, -0.25) is 0 Å². The van der Waals surface area contributed by atoms with Crippen molar-refractivity contribution in [1.29, 1.82) is 0 Å². The molecule has 0 bridgehead atoms. The first-order valence-electron chi connectivity index (χ1n) is 0.408. The van der Waals surface area contributed by atoms with Crippen LogP contribution in [0.4, 0.5) is 0 Å². The summed E-state index contributed by atoms with van der Waals surface area (Å²) >= 11 is -2.00. The van der Waals surface area contributed by atoms with Gasteiger partial charge in [0.1, 0.15) is 0 Å². The zero-order valence-corrected chi connectivity index (χ0v) is 3.38.